The number of ether oxygens (including phenoxy) is 2. The molecule has 0 spiro atoms. The third-order valence-corrected chi connectivity index (χ3v) is 3.74. The molecule has 3 rings (SSSR count). The van der Waals surface area contributed by atoms with Crippen molar-refractivity contribution in [3.05, 3.63) is 40.8 Å². The quantitative estimate of drug-likeness (QED) is 0.859. The maximum atomic E-state index is 5.94. The van der Waals surface area contributed by atoms with Gasteiger partial charge in [-0.2, -0.15) is 0 Å². The van der Waals surface area contributed by atoms with Gasteiger partial charge in [-0.1, -0.05) is 12.1 Å². The predicted octanol–water partition coefficient (Wildman–Crippen LogP) is 2.41. The molecule has 5 heteroatoms. The van der Waals surface area contributed by atoms with Gasteiger partial charge in [-0.3, -0.25) is 4.90 Å². The molecule has 100 valence electrons. The van der Waals surface area contributed by atoms with Gasteiger partial charge in [0.1, 0.15) is 17.7 Å². The van der Waals surface area contributed by atoms with Gasteiger partial charge in [-0.05, 0) is 19.2 Å². The van der Waals surface area contributed by atoms with E-state index in [-0.39, 0.29) is 6.10 Å². The summed E-state index contributed by atoms with van der Waals surface area (Å²) in [7, 11) is 2.07. The van der Waals surface area contributed by atoms with Gasteiger partial charge in [0.15, 0.2) is 11.5 Å². The van der Waals surface area contributed by atoms with Crippen LogP contribution in [0.25, 0.3) is 0 Å². The standard InChI is InChI=1S/C14H16N2O2S/c1-16(9-14-15-6-7-19-14)8-11-10-17-12-4-2-3-5-13(12)18-11/h2-7,11H,8-10H2,1H3/t11-/m1/s1. The van der Waals surface area contributed by atoms with E-state index >= 15 is 0 Å². The number of fused-ring (bicyclic) bond motifs is 1. The number of aromatic nitrogens is 1. The molecule has 1 atom stereocenters. The molecule has 2 aromatic rings. The summed E-state index contributed by atoms with van der Waals surface area (Å²) in [5.74, 6) is 1.67. The van der Waals surface area contributed by atoms with E-state index in [1.54, 1.807) is 11.3 Å². The Morgan fingerprint density at radius 2 is 2.21 bits per heavy atom. The minimum Gasteiger partial charge on any atom is -0.486 e. The van der Waals surface area contributed by atoms with Gasteiger partial charge in [-0.15, -0.1) is 11.3 Å². The maximum Gasteiger partial charge on any atom is 0.161 e. The highest BCUT2D eigenvalue weighted by Gasteiger charge is 2.22. The molecule has 1 aliphatic heterocycles. The Morgan fingerprint density at radius 1 is 1.37 bits per heavy atom. The van der Waals surface area contributed by atoms with Crippen molar-refractivity contribution < 1.29 is 9.47 Å². The van der Waals surface area contributed by atoms with Crippen molar-refractivity contribution in [3.8, 4) is 11.5 Å². The zero-order valence-corrected chi connectivity index (χ0v) is 11.6. The molecule has 1 aromatic carbocycles. The molecular formula is C14H16N2O2S. The summed E-state index contributed by atoms with van der Waals surface area (Å²) >= 11 is 1.68. The first-order valence-electron chi connectivity index (χ1n) is 6.26. The van der Waals surface area contributed by atoms with E-state index in [1.807, 2.05) is 35.8 Å². The van der Waals surface area contributed by atoms with E-state index in [0.29, 0.717) is 6.61 Å². The first-order chi connectivity index (χ1) is 9.31. The zero-order valence-electron chi connectivity index (χ0n) is 10.8. The van der Waals surface area contributed by atoms with Gasteiger partial charge in [-0.25, -0.2) is 4.98 Å². The van der Waals surface area contributed by atoms with Gasteiger partial charge in [0.25, 0.3) is 0 Å². The van der Waals surface area contributed by atoms with Gasteiger partial charge >= 0.3 is 0 Å². The van der Waals surface area contributed by atoms with E-state index in [1.165, 1.54) is 0 Å². The molecule has 1 aromatic heterocycles. The van der Waals surface area contributed by atoms with E-state index in [2.05, 4.69) is 16.9 Å². The molecule has 0 N–H and O–H groups in total. The van der Waals surface area contributed by atoms with Crippen LogP contribution < -0.4 is 9.47 Å². The zero-order chi connectivity index (χ0) is 13.1. The fourth-order valence-electron chi connectivity index (χ4n) is 2.13. The minimum absolute atomic E-state index is 0.0693. The van der Waals surface area contributed by atoms with Crippen LogP contribution in [-0.4, -0.2) is 36.2 Å². The normalized spacial score (nSPS) is 17.7. The van der Waals surface area contributed by atoms with Crippen molar-refractivity contribution in [2.24, 2.45) is 0 Å². The number of nitrogens with zero attached hydrogens (tertiary/aromatic N) is 2. The second-order valence-electron chi connectivity index (χ2n) is 4.62. The second kappa shape index (κ2) is 5.59. The van der Waals surface area contributed by atoms with Gasteiger partial charge in [0.2, 0.25) is 0 Å². The number of benzene rings is 1. The monoisotopic (exact) mass is 276 g/mol. The largest absolute Gasteiger partial charge is 0.486 e. The SMILES string of the molecule is CN(Cc1nccs1)C[C@@H]1COc2ccccc2O1. The molecule has 0 amide bonds. The van der Waals surface area contributed by atoms with Crippen LogP contribution in [0.1, 0.15) is 5.01 Å². The first kappa shape index (κ1) is 12.4. The average molecular weight is 276 g/mol. The predicted molar refractivity (Wildman–Crippen MR) is 74.8 cm³/mol. The lowest BCUT2D eigenvalue weighted by atomic mass is 10.2. The number of likely N-dealkylation sites (N-methyl/N-ethyl adjacent to an activating group) is 1. The Morgan fingerprint density at radius 3 is 3.00 bits per heavy atom. The molecule has 19 heavy (non-hydrogen) atoms. The third kappa shape index (κ3) is 3.05. The summed E-state index contributed by atoms with van der Waals surface area (Å²) in [6.07, 6.45) is 1.91. The average Bonchev–Trinajstić information content (AvgIpc) is 2.91. The molecule has 0 saturated carbocycles. The fraction of sp³-hybridized carbons (Fsp3) is 0.357. The van der Waals surface area contributed by atoms with Crippen LogP contribution in [0.3, 0.4) is 0 Å². The smallest absolute Gasteiger partial charge is 0.161 e. The Kier molecular flexibility index (Phi) is 3.66. The highest BCUT2D eigenvalue weighted by molar-refractivity contribution is 7.09. The lowest BCUT2D eigenvalue weighted by molar-refractivity contribution is 0.0638. The van der Waals surface area contributed by atoms with Crippen LogP contribution in [0.5, 0.6) is 11.5 Å². The third-order valence-electron chi connectivity index (χ3n) is 2.97. The van der Waals surface area contributed by atoms with Crippen LogP contribution in [0.2, 0.25) is 0 Å². The van der Waals surface area contributed by atoms with Crippen molar-refractivity contribution in [3.63, 3.8) is 0 Å². The summed E-state index contributed by atoms with van der Waals surface area (Å²) < 4.78 is 11.6. The Bertz CT molecular complexity index is 530. The first-order valence-corrected chi connectivity index (χ1v) is 7.14. The van der Waals surface area contributed by atoms with E-state index in [9.17, 15) is 0 Å². The number of thiazole rings is 1. The van der Waals surface area contributed by atoms with Gasteiger partial charge in [0.05, 0.1) is 6.54 Å². The van der Waals surface area contributed by atoms with Crippen LogP contribution >= 0.6 is 11.3 Å². The van der Waals surface area contributed by atoms with Crippen LogP contribution in [-0.2, 0) is 6.54 Å². The minimum atomic E-state index is 0.0693. The number of hydrogen-bond donors (Lipinski definition) is 0. The topological polar surface area (TPSA) is 34.6 Å². The molecule has 0 bridgehead atoms. The van der Waals surface area contributed by atoms with Gasteiger partial charge in [0, 0.05) is 18.1 Å². The molecule has 1 aliphatic rings. The number of hydrogen-bond acceptors (Lipinski definition) is 5. The van der Waals surface area contributed by atoms with E-state index in [0.717, 1.165) is 29.6 Å². The highest BCUT2D eigenvalue weighted by atomic mass is 32.1. The summed E-state index contributed by atoms with van der Waals surface area (Å²) in [4.78, 5) is 6.50. The Labute approximate surface area is 116 Å². The van der Waals surface area contributed by atoms with E-state index < -0.39 is 0 Å². The summed E-state index contributed by atoms with van der Waals surface area (Å²) in [5, 5.41) is 3.12. The number of para-hydroxylation sites is 2. The lowest BCUT2D eigenvalue weighted by Gasteiger charge is -2.29. The molecular weight excluding hydrogens is 260 g/mol. The fourth-order valence-corrected chi connectivity index (χ4v) is 2.82. The summed E-state index contributed by atoms with van der Waals surface area (Å²) in [6, 6.07) is 7.80. The van der Waals surface area contributed by atoms with Crippen molar-refractivity contribution in [1.82, 2.24) is 9.88 Å². The molecule has 2 heterocycles. The number of rotatable bonds is 4. The van der Waals surface area contributed by atoms with Crippen LogP contribution in [0.15, 0.2) is 35.8 Å². The Balaban J connectivity index is 1.57. The van der Waals surface area contributed by atoms with Crippen molar-refractivity contribution in [2.75, 3.05) is 20.2 Å². The molecule has 4 nitrogen and oxygen atoms in total. The van der Waals surface area contributed by atoms with Crippen LogP contribution in [0, 0.1) is 0 Å². The molecule has 0 saturated heterocycles. The van der Waals surface area contributed by atoms with Crippen LogP contribution in [0.4, 0.5) is 0 Å². The molecule has 0 radical (unpaired) electrons. The molecule has 0 fully saturated rings. The maximum absolute atomic E-state index is 5.94. The van der Waals surface area contributed by atoms with E-state index in [4.69, 9.17) is 9.47 Å². The highest BCUT2D eigenvalue weighted by Crippen LogP contribution is 2.30. The van der Waals surface area contributed by atoms with Crippen molar-refractivity contribution in [2.45, 2.75) is 12.6 Å². The van der Waals surface area contributed by atoms with Crippen molar-refractivity contribution in [1.29, 1.82) is 0 Å². The second-order valence-corrected chi connectivity index (χ2v) is 5.60. The molecule has 0 aliphatic carbocycles. The summed E-state index contributed by atoms with van der Waals surface area (Å²) in [5.41, 5.74) is 0. The molecule has 0 unspecified atom stereocenters. The van der Waals surface area contributed by atoms with Gasteiger partial charge < -0.3 is 9.47 Å². The summed E-state index contributed by atoms with van der Waals surface area (Å²) in [6.45, 7) is 2.27. The van der Waals surface area contributed by atoms with Crippen molar-refractivity contribution >= 4 is 11.3 Å². The Hall–Kier alpha value is -1.59. The lowest BCUT2D eigenvalue weighted by Crippen LogP contribution is -2.39.